The van der Waals surface area contributed by atoms with Crippen LogP contribution in [0.1, 0.15) is 33.6 Å². The van der Waals surface area contributed by atoms with Gasteiger partial charge in [-0.05, 0) is 57.3 Å². The van der Waals surface area contributed by atoms with Crippen LogP contribution in [0, 0.1) is 0 Å². The number of carbonyl (C=O) groups is 1. The lowest BCUT2D eigenvalue weighted by Gasteiger charge is -2.34. The Labute approximate surface area is 151 Å². The zero-order chi connectivity index (χ0) is 18.0. The molecule has 0 saturated carbocycles. The molecule has 0 aromatic carbocycles. The molecule has 0 unspecified atom stereocenters. The zero-order valence-corrected chi connectivity index (χ0v) is 15.4. The Balaban J connectivity index is 1.64. The maximum atomic E-state index is 12.1. The molecule has 0 atom stereocenters. The maximum absolute atomic E-state index is 12.1. The highest BCUT2D eigenvalue weighted by atomic mass is 35.5. The number of nitrogens with one attached hydrogen (secondary N) is 1. The summed E-state index contributed by atoms with van der Waals surface area (Å²) in [6.45, 7) is 6.90. The molecule has 1 aliphatic rings. The minimum absolute atomic E-state index is 0.167. The molecule has 2 aromatic rings. The van der Waals surface area contributed by atoms with Crippen molar-refractivity contribution in [2.24, 2.45) is 0 Å². The number of likely N-dealkylation sites (tertiary alicyclic amines) is 1. The Kier molecular flexibility index (Phi) is 4.94. The second-order valence-electron chi connectivity index (χ2n) is 7.10. The van der Waals surface area contributed by atoms with Crippen LogP contribution in [0.5, 0.6) is 0 Å². The van der Waals surface area contributed by atoms with E-state index in [9.17, 15) is 4.79 Å². The predicted molar refractivity (Wildman–Crippen MR) is 96.8 cm³/mol. The van der Waals surface area contributed by atoms with Crippen LogP contribution in [0.2, 0.25) is 5.28 Å². The van der Waals surface area contributed by atoms with Crippen LogP contribution in [-0.2, 0) is 4.74 Å². The third-order valence-corrected chi connectivity index (χ3v) is 4.10. The molecule has 7 nitrogen and oxygen atoms in total. The van der Waals surface area contributed by atoms with Crippen molar-refractivity contribution in [3.05, 3.63) is 23.6 Å². The Morgan fingerprint density at radius 2 is 2.04 bits per heavy atom. The number of halogens is 1. The molecule has 2 aromatic heterocycles. The van der Waals surface area contributed by atoms with Gasteiger partial charge in [-0.25, -0.2) is 14.8 Å². The third kappa shape index (κ3) is 4.48. The van der Waals surface area contributed by atoms with Gasteiger partial charge < -0.3 is 15.0 Å². The van der Waals surface area contributed by atoms with E-state index in [1.807, 2.05) is 32.9 Å². The molecule has 0 radical (unpaired) electrons. The number of aromatic nitrogens is 3. The van der Waals surface area contributed by atoms with E-state index < -0.39 is 5.60 Å². The summed E-state index contributed by atoms with van der Waals surface area (Å²) >= 11 is 6.00. The van der Waals surface area contributed by atoms with Gasteiger partial charge in [-0.15, -0.1) is 0 Å². The monoisotopic (exact) mass is 363 g/mol. The fraction of sp³-hybridized carbons (Fsp3) is 0.529. The van der Waals surface area contributed by atoms with Crippen molar-refractivity contribution in [3.63, 3.8) is 0 Å². The summed E-state index contributed by atoms with van der Waals surface area (Å²) in [7, 11) is 0. The number of rotatable bonds is 2. The van der Waals surface area contributed by atoms with E-state index in [0.29, 0.717) is 24.6 Å². The first-order valence-electron chi connectivity index (χ1n) is 8.34. The standard InChI is InChI=1S/C17H22ClN5O2/c1-17(2,3)25-16(24)23-9-6-11(7-10-23)20-14-12-5-4-8-19-13(12)21-15(18)22-14/h4-5,8,11H,6-7,9-10H2,1-3H3,(H,19,20,21,22). The van der Waals surface area contributed by atoms with E-state index in [0.717, 1.165) is 18.2 Å². The van der Waals surface area contributed by atoms with E-state index in [1.54, 1.807) is 11.1 Å². The fourth-order valence-corrected chi connectivity index (χ4v) is 2.94. The Morgan fingerprint density at radius 3 is 2.72 bits per heavy atom. The van der Waals surface area contributed by atoms with Crippen molar-refractivity contribution in [1.82, 2.24) is 19.9 Å². The number of ether oxygens (including phenoxy) is 1. The molecular weight excluding hydrogens is 342 g/mol. The maximum Gasteiger partial charge on any atom is 0.410 e. The third-order valence-electron chi connectivity index (χ3n) is 3.93. The van der Waals surface area contributed by atoms with Crippen molar-refractivity contribution < 1.29 is 9.53 Å². The summed E-state index contributed by atoms with van der Waals surface area (Å²) in [5, 5.41) is 4.42. The first kappa shape index (κ1) is 17.7. The van der Waals surface area contributed by atoms with Gasteiger partial charge in [-0.3, -0.25) is 0 Å². The fourth-order valence-electron chi connectivity index (χ4n) is 2.77. The van der Waals surface area contributed by atoms with Crippen LogP contribution < -0.4 is 5.32 Å². The molecule has 1 saturated heterocycles. The van der Waals surface area contributed by atoms with Crippen LogP contribution in [0.25, 0.3) is 11.0 Å². The zero-order valence-electron chi connectivity index (χ0n) is 14.6. The van der Waals surface area contributed by atoms with Crippen molar-refractivity contribution in [2.45, 2.75) is 45.3 Å². The quantitative estimate of drug-likeness (QED) is 0.822. The molecule has 0 aliphatic carbocycles. The van der Waals surface area contributed by atoms with E-state index in [-0.39, 0.29) is 17.4 Å². The average Bonchev–Trinajstić information content (AvgIpc) is 2.53. The highest BCUT2D eigenvalue weighted by Crippen LogP contribution is 2.24. The lowest BCUT2D eigenvalue weighted by Crippen LogP contribution is -2.44. The lowest BCUT2D eigenvalue weighted by atomic mass is 10.1. The van der Waals surface area contributed by atoms with E-state index in [4.69, 9.17) is 16.3 Å². The Bertz CT molecular complexity index is 769. The normalized spacial score (nSPS) is 16.1. The SMILES string of the molecule is CC(C)(C)OC(=O)N1CCC(Nc2nc(Cl)nc3ncccc23)CC1. The van der Waals surface area contributed by atoms with Gasteiger partial charge in [0.25, 0.3) is 0 Å². The van der Waals surface area contributed by atoms with E-state index in [1.165, 1.54) is 0 Å². The first-order chi connectivity index (χ1) is 11.8. The van der Waals surface area contributed by atoms with E-state index >= 15 is 0 Å². The number of hydrogen-bond acceptors (Lipinski definition) is 6. The number of amides is 1. The molecule has 25 heavy (non-hydrogen) atoms. The molecular formula is C17H22ClN5O2. The molecule has 3 heterocycles. The van der Waals surface area contributed by atoms with Crippen LogP contribution in [-0.4, -0.2) is 50.7 Å². The number of carbonyl (C=O) groups excluding carboxylic acids is 1. The highest BCUT2D eigenvalue weighted by Gasteiger charge is 2.27. The average molecular weight is 364 g/mol. The number of pyridine rings is 1. The lowest BCUT2D eigenvalue weighted by molar-refractivity contribution is 0.0210. The van der Waals surface area contributed by atoms with Gasteiger partial charge in [0.1, 0.15) is 11.4 Å². The second kappa shape index (κ2) is 7.00. The summed E-state index contributed by atoms with van der Waals surface area (Å²) in [4.78, 5) is 26.5. The summed E-state index contributed by atoms with van der Waals surface area (Å²) < 4.78 is 5.42. The molecule has 1 fully saturated rings. The molecule has 134 valence electrons. The van der Waals surface area contributed by atoms with Gasteiger partial charge in [-0.2, -0.15) is 4.98 Å². The Morgan fingerprint density at radius 1 is 1.32 bits per heavy atom. The number of nitrogens with zero attached hydrogens (tertiary/aromatic N) is 4. The summed E-state index contributed by atoms with van der Waals surface area (Å²) in [6.07, 6.45) is 3.03. The Hall–Kier alpha value is -2.15. The first-order valence-corrected chi connectivity index (χ1v) is 8.72. The van der Waals surface area contributed by atoms with Gasteiger partial charge in [-0.1, -0.05) is 0 Å². The van der Waals surface area contributed by atoms with Gasteiger partial charge in [0.15, 0.2) is 5.65 Å². The highest BCUT2D eigenvalue weighted by molar-refractivity contribution is 6.28. The van der Waals surface area contributed by atoms with Crippen LogP contribution >= 0.6 is 11.6 Å². The van der Waals surface area contributed by atoms with Gasteiger partial charge >= 0.3 is 6.09 Å². The molecule has 8 heteroatoms. The summed E-state index contributed by atoms with van der Waals surface area (Å²) in [5.74, 6) is 0.679. The van der Waals surface area contributed by atoms with Gasteiger partial charge in [0.05, 0.1) is 5.39 Å². The van der Waals surface area contributed by atoms with Crippen molar-refractivity contribution in [3.8, 4) is 0 Å². The number of anilines is 1. The van der Waals surface area contributed by atoms with Gasteiger partial charge in [0.2, 0.25) is 5.28 Å². The molecule has 3 rings (SSSR count). The van der Waals surface area contributed by atoms with Crippen LogP contribution in [0.4, 0.5) is 10.6 Å². The second-order valence-corrected chi connectivity index (χ2v) is 7.44. The molecule has 0 bridgehead atoms. The topological polar surface area (TPSA) is 80.2 Å². The van der Waals surface area contributed by atoms with Crippen molar-refractivity contribution >= 4 is 34.5 Å². The number of piperidine rings is 1. The predicted octanol–water partition coefficient (Wildman–Crippen LogP) is 3.49. The van der Waals surface area contributed by atoms with E-state index in [2.05, 4.69) is 20.3 Å². The van der Waals surface area contributed by atoms with Crippen LogP contribution in [0.15, 0.2) is 18.3 Å². The largest absolute Gasteiger partial charge is 0.444 e. The van der Waals surface area contributed by atoms with Crippen molar-refractivity contribution in [2.75, 3.05) is 18.4 Å². The molecule has 1 amide bonds. The van der Waals surface area contributed by atoms with Gasteiger partial charge in [0, 0.05) is 25.3 Å². The van der Waals surface area contributed by atoms with Crippen LogP contribution in [0.3, 0.4) is 0 Å². The summed E-state index contributed by atoms with van der Waals surface area (Å²) in [5.41, 5.74) is 0.0895. The van der Waals surface area contributed by atoms with Crippen molar-refractivity contribution in [1.29, 1.82) is 0 Å². The minimum Gasteiger partial charge on any atom is -0.444 e. The number of hydrogen-bond donors (Lipinski definition) is 1. The smallest absolute Gasteiger partial charge is 0.410 e. The molecule has 1 N–H and O–H groups in total. The molecule has 0 spiro atoms. The summed E-state index contributed by atoms with van der Waals surface area (Å²) in [6, 6.07) is 3.96. The number of fused-ring (bicyclic) bond motifs is 1. The minimum atomic E-state index is -0.476. The molecule has 1 aliphatic heterocycles.